The van der Waals surface area contributed by atoms with Crippen LogP contribution in [-0.4, -0.2) is 43.6 Å². The van der Waals surface area contributed by atoms with E-state index in [0.29, 0.717) is 41.6 Å². The molecule has 1 amide bonds. The molecular formula is C19H28ClN3O2. The standard InChI is InChI=1S/C19H28ClN3O2/c1-23(2)19(7-4-3-5-8-19)9-10-22-18(24)14-12-15(20)16(21)13-6-11-25-17(13)14/h12H,3-11,21H2,1-2H3,(H,22,24). The van der Waals surface area contributed by atoms with Gasteiger partial charge in [-0.15, -0.1) is 0 Å². The van der Waals surface area contributed by atoms with Crippen LogP contribution in [0.3, 0.4) is 0 Å². The fourth-order valence-electron chi connectivity index (χ4n) is 4.17. The number of carbonyl (C=O) groups excluding carboxylic acids is 1. The van der Waals surface area contributed by atoms with Crippen molar-refractivity contribution in [3.8, 4) is 5.75 Å². The molecule has 6 heteroatoms. The van der Waals surface area contributed by atoms with E-state index in [1.165, 1.54) is 32.1 Å². The number of benzene rings is 1. The lowest BCUT2D eigenvalue weighted by Crippen LogP contribution is -2.48. The molecule has 1 heterocycles. The van der Waals surface area contributed by atoms with Crippen LogP contribution in [0.2, 0.25) is 5.02 Å². The zero-order chi connectivity index (χ0) is 18.0. The van der Waals surface area contributed by atoms with Gasteiger partial charge < -0.3 is 20.7 Å². The van der Waals surface area contributed by atoms with Crippen LogP contribution in [0, 0.1) is 0 Å². The third kappa shape index (κ3) is 3.58. The van der Waals surface area contributed by atoms with E-state index in [1.54, 1.807) is 6.07 Å². The second-order valence-corrected chi connectivity index (χ2v) is 7.82. The smallest absolute Gasteiger partial charge is 0.255 e. The van der Waals surface area contributed by atoms with Crippen LogP contribution < -0.4 is 15.8 Å². The third-order valence-electron chi connectivity index (χ3n) is 5.82. The molecule has 0 radical (unpaired) electrons. The number of halogens is 1. The Hall–Kier alpha value is -1.46. The summed E-state index contributed by atoms with van der Waals surface area (Å²) >= 11 is 6.19. The molecule has 0 bridgehead atoms. The van der Waals surface area contributed by atoms with Gasteiger partial charge in [0.25, 0.3) is 5.91 Å². The number of anilines is 1. The first-order valence-electron chi connectivity index (χ1n) is 9.14. The first-order chi connectivity index (χ1) is 11.9. The molecule has 5 nitrogen and oxygen atoms in total. The maximum absolute atomic E-state index is 12.7. The molecule has 0 atom stereocenters. The molecule has 3 N–H and O–H groups in total. The normalized spacial score (nSPS) is 18.7. The lowest BCUT2D eigenvalue weighted by atomic mass is 9.78. The molecule has 0 spiro atoms. The van der Waals surface area contributed by atoms with Gasteiger partial charge in [-0.25, -0.2) is 0 Å². The van der Waals surface area contributed by atoms with Gasteiger partial charge >= 0.3 is 0 Å². The summed E-state index contributed by atoms with van der Waals surface area (Å²) in [5.41, 5.74) is 8.08. The number of rotatable bonds is 5. The minimum atomic E-state index is -0.134. The Labute approximate surface area is 154 Å². The molecule has 1 aliphatic heterocycles. The maximum atomic E-state index is 12.7. The number of nitrogen functional groups attached to an aromatic ring is 1. The SMILES string of the molecule is CN(C)C1(CCNC(=O)c2cc(Cl)c(N)c3c2OCC3)CCCCC1. The number of fused-ring (bicyclic) bond motifs is 1. The van der Waals surface area contributed by atoms with Gasteiger partial charge in [0.2, 0.25) is 0 Å². The third-order valence-corrected chi connectivity index (χ3v) is 6.14. The van der Waals surface area contributed by atoms with Gasteiger partial charge in [-0.1, -0.05) is 30.9 Å². The number of nitrogens with one attached hydrogen (secondary N) is 1. The summed E-state index contributed by atoms with van der Waals surface area (Å²) in [7, 11) is 4.29. The predicted octanol–water partition coefficient (Wildman–Crippen LogP) is 3.24. The van der Waals surface area contributed by atoms with Gasteiger partial charge in [0.1, 0.15) is 5.75 Å². The van der Waals surface area contributed by atoms with Crippen LogP contribution in [0.15, 0.2) is 6.07 Å². The Morgan fingerprint density at radius 3 is 2.76 bits per heavy atom. The van der Waals surface area contributed by atoms with E-state index in [4.69, 9.17) is 22.1 Å². The zero-order valence-corrected chi connectivity index (χ0v) is 15.9. The van der Waals surface area contributed by atoms with E-state index in [9.17, 15) is 4.79 Å². The molecule has 1 aromatic rings. The van der Waals surface area contributed by atoms with Crippen molar-refractivity contribution in [3.63, 3.8) is 0 Å². The fraction of sp³-hybridized carbons (Fsp3) is 0.632. The molecule has 1 aromatic carbocycles. The van der Waals surface area contributed by atoms with Gasteiger partial charge in [-0.2, -0.15) is 0 Å². The van der Waals surface area contributed by atoms with Gasteiger partial charge in [-0.05, 0) is 39.4 Å². The van der Waals surface area contributed by atoms with Crippen molar-refractivity contribution in [1.29, 1.82) is 0 Å². The fourth-order valence-corrected chi connectivity index (χ4v) is 4.39. The first-order valence-corrected chi connectivity index (χ1v) is 9.52. The summed E-state index contributed by atoms with van der Waals surface area (Å²) in [6, 6.07) is 1.62. The zero-order valence-electron chi connectivity index (χ0n) is 15.2. The Morgan fingerprint density at radius 1 is 1.36 bits per heavy atom. The second kappa shape index (κ2) is 7.42. The van der Waals surface area contributed by atoms with Crippen LogP contribution in [0.4, 0.5) is 5.69 Å². The van der Waals surface area contributed by atoms with Crippen molar-refractivity contribution in [1.82, 2.24) is 10.2 Å². The average Bonchev–Trinajstić information content (AvgIpc) is 3.08. The summed E-state index contributed by atoms with van der Waals surface area (Å²) in [6.07, 6.45) is 7.89. The van der Waals surface area contributed by atoms with Crippen molar-refractivity contribution >= 4 is 23.2 Å². The van der Waals surface area contributed by atoms with Gasteiger partial charge in [0.15, 0.2) is 0 Å². The summed E-state index contributed by atoms with van der Waals surface area (Å²) in [6.45, 7) is 1.19. The summed E-state index contributed by atoms with van der Waals surface area (Å²) in [5.74, 6) is 0.462. The van der Waals surface area contributed by atoms with Crippen LogP contribution >= 0.6 is 11.6 Å². The minimum Gasteiger partial charge on any atom is -0.492 e. The van der Waals surface area contributed by atoms with E-state index in [1.807, 2.05) is 0 Å². The first kappa shape index (κ1) is 18.3. The molecule has 3 rings (SSSR count). The number of hydrogen-bond acceptors (Lipinski definition) is 4. The maximum Gasteiger partial charge on any atom is 0.255 e. The Kier molecular flexibility index (Phi) is 5.44. The highest BCUT2D eigenvalue weighted by Crippen LogP contribution is 2.39. The molecule has 138 valence electrons. The number of carbonyl (C=O) groups is 1. The average molecular weight is 366 g/mol. The molecule has 1 saturated carbocycles. The summed E-state index contributed by atoms with van der Waals surface area (Å²) < 4.78 is 5.63. The van der Waals surface area contributed by atoms with E-state index in [0.717, 1.165) is 12.0 Å². The van der Waals surface area contributed by atoms with Crippen molar-refractivity contribution in [3.05, 3.63) is 22.2 Å². The lowest BCUT2D eigenvalue weighted by molar-refractivity contribution is 0.0834. The number of ether oxygens (including phenoxy) is 1. The molecule has 0 saturated heterocycles. The van der Waals surface area contributed by atoms with Crippen LogP contribution in [0.25, 0.3) is 0 Å². The molecule has 0 aromatic heterocycles. The highest BCUT2D eigenvalue weighted by Gasteiger charge is 2.34. The molecule has 2 aliphatic rings. The Balaban J connectivity index is 1.67. The molecule has 1 aliphatic carbocycles. The minimum absolute atomic E-state index is 0.134. The van der Waals surface area contributed by atoms with Gasteiger partial charge in [0.05, 0.1) is 22.9 Å². The van der Waals surface area contributed by atoms with E-state index < -0.39 is 0 Å². The van der Waals surface area contributed by atoms with Crippen LogP contribution in [0.5, 0.6) is 5.75 Å². The van der Waals surface area contributed by atoms with E-state index in [-0.39, 0.29) is 11.4 Å². The number of nitrogens with two attached hydrogens (primary N) is 1. The van der Waals surface area contributed by atoms with Crippen molar-refractivity contribution in [2.24, 2.45) is 0 Å². The lowest BCUT2D eigenvalue weighted by Gasteiger charge is -2.43. The highest BCUT2D eigenvalue weighted by molar-refractivity contribution is 6.33. The van der Waals surface area contributed by atoms with Crippen molar-refractivity contribution in [2.45, 2.75) is 50.5 Å². The monoisotopic (exact) mass is 365 g/mol. The molecule has 25 heavy (non-hydrogen) atoms. The van der Waals surface area contributed by atoms with Crippen molar-refractivity contribution < 1.29 is 9.53 Å². The van der Waals surface area contributed by atoms with Gasteiger partial charge in [0, 0.05) is 24.1 Å². The number of amides is 1. The summed E-state index contributed by atoms with van der Waals surface area (Å²) in [5, 5.41) is 3.48. The molecular weight excluding hydrogens is 338 g/mol. The van der Waals surface area contributed by atoms with E-state index in [2.05, 4.69) is 24.3 Å². The number of hydrogen-bond donors (Lipinski definition) is 2. The number of nitrogens with zero attached hydrogens (tertiary/aromatic N) is 1. The van der Waals surface area contributed by atoms with Gasteiger partial charge in [-0.3, -0.25) is 4.79 Å². The van der Waals surface area contributed by atoms with Crippen molar-refractivity contribution in [2.75, 3.05) is 33.0 Å². The topological polar surface area (TPSA) is 67.6 Å². The largest absolute Gasteiger partial charge is 0.492 e. The highest BCUT2D eigenvalue weighted by atomic mass is 35.5. The molecule has 1 fully saturated rings. The Bertz CT molecular complexity index is 655. The van der Waals surface area contributed by atoms with Crippen LogP contribution in [-0.2, 0) is 6.42 Å². The van der Waals surface area contributed by atoms with Crippen LogP contribution in [0.1, 0.15) is 54.4 Å². The quantitative estimate of drug-likeness (QED) is 0.786. The summed E-state index contributed by atoms with van der Waals surface area (Å²) in [4.78, 5) is 15.0. The van der Waals surface area contributed by atoms with E-state index >= 15 is 0 Å². The molecule has 0 unspecified atom stereocenters. The predicted molar refractivity (Wildman–Crippen MR) is 102 cm³/mol. The Morgan fingerprint density at radius 2 is 2.08 bits per heavy atom. The second-order valence-electron chi connectivity index (χ2n) is 7.41.